The van der Waals surface area contributed by atoms with Gasteiger partial charge in [-0.25, -0.2) is 19.7 Å². The summed E-state index contributed by atoms with van der Waals surface area (Å²) in [6.45, 7) is 3.58. The maximum Gasteiger partial charge on any atom is 0.322 e. The summed E-state index contributed by atoms with van der Waals surface area (Å²) in [5, 5.41) is 5.82. The number of carbonyl (C=O) groups is 1. The highest BCUT2D eigenvalue weighted by atomic mass is 32.1. The van der Waals surface area contributed by atoms with Gasteiger partial charge >= 0.3 is 6.03 Å². The number of aryl methyl sites for hydroxylation is 1. The fourth-order valence-corrected chi connectivity index (χ4v) is 5.33. The van der Waals surface area contributed by atoms with Crippen LogP contribution in [0.5, 0.6) is 0 Å². The van der Waals surface area contributed by atoms with Crippen LogP contribution in [0.4, 0.5) is 15.6 Å². The molecule has 4 heterocycles. The summed E-state index contributed by atoms with van der Waals surface area (Å²) in [5.74, 6) is 2.07. The Bertz CT molecular complexity index is 1000. The molecule has 1 saturated heterocycles. The van der Waals surface area contributed by atoms with Gasteiger partial charge < -0.3 is 14.8 Å². The van der Waals surface area contributed by atoms with Crippen molar-refractivity contribution in [1.82, 2.24) is 24.8 Å². The van der Waals surface area contributed by atoms with Crippen LogP contribution in [-0.2, 0) is 0 Å². The second-order valence-corrected chi connectivity index (χ2v) is 9.01. The normalized spacial score (nSPS) is 23.9. The number of urea groups is 1. The van der Waals surface area contributed by atoms with Gasteiger partial charge in [0, 0.05) is 32.4 Å². The topological polar surface area (TPSA) is 90.0 Å². The Morgan fingerprint density at radius 1 is 1.29 bits per heavy atom. The van der Waals surface area contributed by atoms with Crippen LogP contribution in [0, 0.1) is 18.8 Å². The molecule has 2 amide bonds. The molecule has 146 valence electrons. The van der Waals surface area contributed by atoms with E-state index in [-0.39, 0.29) is 6.03 Å². The molecule has 28 heavy (non-hydrogen) atoms. The molecule has 0 aromatic carbocycles. The van der Waals surface area contributed by atoms with Crippen LogP contribution in [0.2, 0.25) is 0 Å². The lowest BCUT2D eigenvalue weighted by molar-refractivity contribution is 0.218. The van der Waals surface area contributed by atoms with Gasteiger partial charge in [-0.3, -0.25) is 5.32 Å². The van der Waals surface area contributed by atoms with Gasteiger partial charge in [-0.1, -0.05) is 0 Å². The Hall–Kier alpha value is -2.68. The molecule has 2 N–H and O–H groups in total. The highest BCUT2D eigenvalue weighted by Crippen LogP contribution is 2.41. The lowest BCUT2D eigenvalue weighted by atomic mass is 10.0. The number of carbonyl (C=O) groups excluding carboxylic acids is 1. The van der Waals surface area contributed by atoms with Gasteiger partial charge in [0.05, 0.1) is 16.6 Å². The monoisotopic (exact) mass is 397 g/mol. The Morgan fingerprint density at radius 2 is 2.07 bits per heavy atom. The molecule has 1 aliphatic heterocycles. The first-order valence-corrected chi connectivity index (χ1v) is 10.4. The van der Waals surface area contributed by atoms with Crippen molar-refractivity contribution in [2.75, 3.05) is 30.4 Å². The van der Waals surface area contributed by atoms with Crippen LogP contribution < -0.4 is 10.2 Å². The summed E-state index contributed by atoms with van der Waals surface area (Å²) in [4.78, 5) is 33.0. The summed E-state index contributed by atoms with van der Waals surface area (Å²) < 4.78 is 0. The zero-order chi connectivity index (χ0) is 19.3. The predicted molar refractivity (Wildman–Crippen MR) is 110 cm³/mol. The van der Waals surface area contributed by atoms with Crippen LogP contribution in [0.1, 0.15) is 17.8 Å². The molecule has 0 spiro atoms. The number of nitrogens with one attached hydrogen (secondary N) is 2. The quantitative estimate of drug-likeness (QED) is 0.709. The average Bonchev–Trinajstić information content (AvgIpc) is 3.43. The van der Waals surface area contributed by atoms with E-state index in [4.69, 9.17) is 0 Å². The molecule has 1 saturated carbocycles. The number of nitrogens with zero attached hydrogens (tertiary/aromatic N) is 5. The molecule has 3 aromatic rings. The second-order valence-electron chi connectivity index (χ2n) is 7.77. The molecule has 5 rings (SSSR count). The lowest BCUT2D eigenvalue weighted by Gasteiger charge is -2.28. The van der Waals surface area contributed by atoms with Crippen molar-refractivity contribution in [3.63, 3.8) is 0 Å². The molecule has 1 aliphatic carbocycles. The van der Waals surface area contributed by atoms with E-state index in [0.717, 1.165) is 52.8 Å². The van der Waals surface area contributed by atoms with Crippen LogP contribution in [-0.4, -0.2) is 57.0 Å². The average molecular weight is 398 g/mol. The lowest BCUT2D eigenvalue weighted by Crippen LogP contribution is -2.36. The number of aromatic nitrogens is 4. The van der Waals surface area contributed by atoms with Crippen molar-refractivity contribution < 1.29 is 4.79 Å². The fraction of sp³-hybridized carbons (Fsp3) is 0.474. The molecule has 0 radical (unpaired) electrons. The molecule has 0 bridgehead atoms. The largest absolute Gasteiger partial charge is 0.356 e. The molecule has 2 fully saturated rings. The van der Waals surface area contributed by atoms with Crippen LogP contribution in [0.15, 0.2) is 24.8 Å². The number of fused-ring (bicyclic) bond motifs is 2. The summed E-state index contributed by atoms with van der Waals surface area (Å²) >= 11 is 1.51. The number of hydrogen-bond acceptors (Lipinski definition) is 6. The van der Waals surface area contributed by atoms with E-state index < -0.39 is 0 Å². The standard InChI is InChI=1S/C19H23N7OS/c1-11-21-7-16(28-11)24-19(27)26-8-12-5-14(6-13(12)9-26)25(2)18-15-3-4-20-17(15)22-10-23-18/h3-4,7,10,12-14H,5-6,8-9H2,1-2H3,(H,24,27)(H,20,22,23)/t12-,13+,14-. The van der Waals surface area contributed by atoms with E-state index >= 15 is 0 Å². The van der Waals surface area contributed by atoms with E-state index in [1.807, 2.05) is 24.1 Å². The first-order chi connectivity index (χ1) is 13.6. The predicted octanol–water partition coefficient (Wildman–Crippen LogP) is 3.10. The van der Waals surface area contributed by atoms with E-state index in [2.05, 4.69) is 37.2 Å². The van der Waals surface area contributed by atoms with Gasteiger partial charge in [0.1, 0.15) is 22.8 Å². The van der Waals surface area contributed by atoms with Crippen LogP contribution in [0.3, 0.4) is 0 Å². The maximum absolute atomic E-state index is 12.6. The molecule has 2 aliphatic rings. The molecule has 3 atom stereocenters. The molecule has 3 aromatic heterocycles. The van der Waals surface area contributed by atoms with E-state index in [1.165, 1.54) is 11.3 Å². The third-order valence-corrected chi connectivity index (χ3v) is 6.91. The Balaban J connectivity index is 1.23. The van der Waals surface area contributed by atoms with E-state index in [1.54, 1.807) is 12.5 Å². The summed E-state index contributed by atoms with van der Waals surface area (Å²) in [6.07, 6.45) is 7.42. The molecule has 9 heteroatoms. The maximum atomic E-state index is 12.6. The smallest absolute Gasteiger partial charge is 0.322 e. The zero-order valence-corrected chi connectivity index (χ0v) is 16.7. The van der Waals surface area contributed by atoms with E-state index in [0.29, 0.717) is 17.9 Å². The summed E-state index contributed by atoms with van der Waals surface area (Å²) in [7, 11) is 2.12. The first-order valence-electron chi connectivity index (χ1n) is 9.58. The minimum Gasteiger partial charge on any atom is -0.356 e. The SMILES string of the molecule is Cc1ncc(NC(=O)N2C[C@H]3C[C@@H](N(C)c4ncnc5[nH]ccc45)C[C@H]3C2)s1. The number of rotatable bonds is 3. The third kappa shape index (κ3) is 2.99. The molecule has 8 nitrogen and oxygen atoms in total. The summed E-state index contributed by atoms with van der Waals surface area (Å²) in [5.41, 5.74) is 0.871. The van der Waals surface area contributed by atoms with Gasteiger partial charge in [0.25, 0.3) is 0 Å². The Kier molecular flexibility index (Phi) is 4.19. The fourth-order valence-electron chi connectivity index (χ4n) is 4.67. The Morgan fingerprint density at radius 3 is 2.79 bits per heavy atom. The van der Waals surface area contributed by atoms with Crippen molar-refractivity contribution in [3.05, 3.63) is 29.8 Å². The van der Waals surface area contributed by atoms with Gasteiger partial charge in [-0.05, 0) is 37.7 Å². The molecular weight excluding hydrogens is 374 g/mol. The number of anilines is 2. The van der Waals surface area contributed by atoms with Crippen molar-refractivity contribution in [1.29, 1.82) is 0 Å². The van der Waals surface area contributed by atoms with Gasteiger partial charge in [0.15, 0.2) is 0 Å². The van der Waals surface area contributed by atoms with Gasteiger partial charge in [-0.15, -0.1) is 11.3 Å². The summed E-state index contributed by atoms with van der Waals surface area (Å²) in [6, 6.07) is 2.47. The van der Waals surface area contributed by atoms with Crippen molar-refractivity contribution in [2.45, 2.75) is 25.8 Å². The van der Waals surface area contributed by atoms with Crippen molar-refractivity contribution in [2.24, 2.45) is 11.8 Å². The highest BCUT2D eigenvalue weighted by molar-refractivity contribution is 7.15. The highest BCUT2D eigenvalue weighted by Gasteiger charge is 2.44. The Labute approximate surface area is 167 Å². The molecule has 0 unspecified atom stereocenters. The molecular formula is C19H23N7OS. The third-order valence-electron chi connectivity index (χ3n) is 6.08. The number of H-pyrrole nitrogens is 1. The number of likely N-dealkylation sites (tertiary alicyclic amines) is 1. The first kappa shape index (κ1) is 17.4. The van der Waals surface area contributed by atoms with Crippen molar-refractivity contribution >= 4 is 39.2 Å². The number of hydrogen-bond donors (Lipinski definition) is 2. The van der Waals surface area contributed by atoms with Crippen LogP contribution in [0.25, 0.3) is 11.0 Å². The number of amides is 2. The van der Waals surface area contributed by atoms with Crippen LogP contribution >= 0.6 is 11.3 Å². The van der Waals surface area contributed by atoms with Crippen molar-refractivity contribution in [3.8, 4) is 0 Å². The van der Waals surface area contributed by atoms with E-state index in [9.17, 15) is 4.79 Å². The zero-order valence-electron chi connectivity index (χ0n) is 15.9. The number of thiazole rings is 1. The van der Waals surface area contributed by atoms with Gasteiger partial charge in [-0.2, -0.15) is 0 Å². The minimum absolute atomic E-state index is 0.00668. The number of aromatic amines is 1. The second kappa shape index (κ2) is 6.73. The minimum atomic E-state index is -0.00668. The van der Waals surface area contributed by atoms with Gasteiger partial charge in [0.2, 0.25) is 0 Å².